The molecule has 94 valence electrons. The minimum absolute atomic E-state index is 0.119. The van der Waals surface area contributed by atoms with Crippen LogP contribution in [0.5, 0.6) is 0 Å². The molecule has 1 amide bonds. The van der Waals surface area contributed by atoms with Crippen LogP contribution in [0, 0.1) is 0 Å². The number of carbonyl (C=O) groups is 1. The second kappa shape index (κ2) is 6.44. The Morgan fingerprint density at radius 1 is 1.50 bits per heavy atom. The van der Waals surface area contributed by atoms with Crippen molar-refractivity contribution in [3.05, 3.63) is 48.7 Å². The number of hydrogen-bond acceptors (Lipinski definition) is 3. The summed E-state index contributed by atoms with van der Waals surface area (Å²) in [4.78, 5) is 11.4. The molecule has 0 aliphatic carbocycles. The Kier molecular flexibility index (Phi) is 4.35. The first kappa shape index (κ1) is 12.2. The van der Waals surface area contributed by atoms with Gasteiger partial charge in [0.05, 0.1) is 6.26 Å². The number of carbonyl (C=O) groups excluding carboxylic acids is 1. The Bertz CT molecular complexity index is 486. The van der Waals surface area contributed by atoms with Gasteiger partial charge in [-0.25, -0.2) is 0 Å². The molecule has 0 aromatic carbocycles. The Labute approximate surface area is 105 Å². The first-order chi connectivity index (χ1) is 8.84. The second-order valence-electron chi connectivity index (χ2n) is 3.76. The largest absolute Gasteiger partial charge is 0.465 e. The van der Waals surface area contributed by atoms with Crippen LogP contribution >= 0.6 is 0 Å². The van der Waals surface area contributed by atoms with E-state index in [0.717, 1.165) is 13.0 Å². The molecule has 18 heavy (non-hydrogen) atoms. The molecule has 2 rings (SSSR count). The molecule has 0 spiro atoms. The number of amides is 1. The van der Waals surface area contributed by atoms with Crippen molar-refractivity contribution >= 4 is 12.0 Å². The average Bonchev–Trinajstić information content (AvgIpc) is 3.04. The van der Waals surface area contributed by atoms with Crippen LogP contribution in [-0.4, -0.2) is 22.2 Å². The zero-order chi connectivity index (χ0) is 12.6. The average molecular weight is 245 g/mol. The van der Waals surface area contributed by atoms with Crippen molar-refractivity contribution in [2.75, 3.05) is 6.54 Å². The van der Waals surface area contributed by atoms with Crippen molar-refractivity contribution in [2.45, 2.75) is 13.0 Å². The molecule has 5 heteroatoms. The van der Waals surface area contributed by atoms with E-state index in [9.17, 15) is 4.79 Å². The molecule has 1 N–H and O–H groups in total. The molecule has 0 saturated heterocycles. The highest BCUT2D eigenvalue weighted by Gasteiger charge is 1.96. The quantitative estimate of drug-likeness (QED) is 0.622. The van der Waals surface area contributed by atoms with E-state index in [1.165, 1.54) is 6.08 Å². The Hall–Kier alpha value is -2.30. The topological polar surface area (TPSA) is 60.1 Å². The molecule has 2 aromatic heterocycles. The van der Waals surface area contributed by atoms with Gasteiger partial charge < -0.3 is 9.73 Å². The van der Waals surface area contributed by atoms with E-state index in [1.54, 1.807) is 30.7 Å². The number of furan rings is 1. The summed E-state index contributed by atoms with van der Waals surface area (Å²) in [6, 6.07) is 5.45. The fourth-order valence-electron chi connectivity index (χ4n) is 1.49. The zero-order valence-electron chi connectivity index (χ0n) is 9.95. The number of aryl methyl sites for hydroxylation is 1. The third kappa shape index (κ3) is 3.93. The number of hydrogen-bond donors (Lipinski definition) is 1. The SMILES string of the molecule is O=C(/C=C\c1ccco1)NCCCn1cccn1. The van der Waals surface area contributed by atoms with Gasteiger partial charge in [-0.15, -0.1) is 0 Å². The fourth-order valence-corrected chi connectivity index (χ4v) is 1.49. The van der Waals surface area contributed by atoms with Gasteiger partial charge in [0, 0.05) is 31.6 Å². The predicted octanol–water partition coefficient (Wildman–Crippen LogP) is 1.70. The summed E-state index contributed by atoms with van der Waals surface area (Å²) in [5, 5.41) is 6.88. The van der Waals surface area contributed by atoms with E-state index < -0.39 is 0 Å². The van der Waals surface area contributed by atoms with E-state index >= 15 is 0 Å². The van der Waals surface area contributed by atoms with Gasteiger partial charge in [0.25, 0.3) is 0 Å². The highest BCUT2D eigenvalue weighted by atomic mass is 16.3. The second-order valence-corrected chi connectivity index (χ2v) is 3.76. The molecule has 2 heterocycles. The summed E-state index contributed by atoms with van der Waals surface area (Å²) >= 11 is 0. The van der Waals surface area contributed by atoms with Gasteiger partial charge >= 0.3 is 0 Å². The standard InChI is InChI=1S/C13H15N3O2/c17-13(6-5-12-4-1-11-18-12)14-7-2-9-16-10-3-8-15-16/h1,3-6,8,10-11H,2,7,9H2,(H,14,17)/b6-5-. The molecule has 0 atom stereocenters. The molecule has 0 radical (unpaired) electrons. The summed E-state index contributed by atoms with van der Waals surface area (Å²) in [6.07, 6.45) is 9.17. The first-order valence-corrected chi connectivity index (χ1v) is 5.81. The lowest BCUT2D eigenvalue weighted by Gasteiger charge is -2.02. The third-order valence-corrected chi connectivity index (χ3v) is 2.36. The monoisotopic (exact) mass is 245 g/mol. The van der Waals surface area contributed by atoms with E-state index in [2.05, 4.69) is 10.4 Å². The molecule has 5 nitrogen and oxygen atoms in total. The predicted molar refractivity (Wildman–Crippen MR) is 67.6 cm³/mol. The smallest absolute Gasteiger partial charge is 0.244 e. The number of rotatable bonds is 6. The fraction of sp³-hybridized carbons (Fsp3) is 0.231. The van der Waals surface area contributed by atoms with Crippen LogP contribution in [0.3, 0.4) is 0 Å². The van der Waals surface area contributed by atoms with Crippen molar-refractivity contribution in [2.24, 2.45) is 0 Å². The summed E-state index contributed by atoms with van der Waals surface area (Å²) in [5.74, 6) is 0.550. The van der Waals surface area contributed by atoms with Gasteiger partial charge in [0.1, 0.15) is 5.76 Å². The molecule has 0 unspecified atom stereocenters. The summed E-state index contributed by atoms with van der Waals surface area (Å²) in [6.45, 7) is 1.43. The molecule has 0 saturated carbocycles. The highest BCUT2D eigenvalue weighted by Crippen LogP contribution is 2.01. The minimum Gasteiger partial charge on any atom is -0.465 e. The maximum absolute atomic E-state index is 11.4. The highest BCUT2D eigenvalue weighted by molar-refractivity contribution is 5.91. The van der Waals surface area contributed by atoms with Gasteiger partial charge in [-0.1, -0.05) is 0 Å². The van der Waals surface area contributed by atoms with E-state index in [4.69, 9.17) is 4.42 Å². The van der Waals surface area contributed by atoms with Crippen molar-refractivity contribution < 1.29 is 9.21 Å². The summed E-state index contributed by atoms with van der Waals surface area (Å²) in [5.41, 5.74) is 0. The Morgan fingerprint density at radius 3 is 3.17 bits per heavy atom. The lowest BCUT2D eigenvalue weighted by molar-refractivity contribution is -0.116. The maximum Gasteiger partial charge on any atom is 0.244 e. The van der Waals surface area contributed by atoms with Crippen LogP contribution in [0.25, 0.3) is 6.08 Å². The summed E-state index contributed by atoms with van der Waals surface area (Å²) in [7, 11) is 0. The minimum atomic E-state index is -0.119. The molecule has 0 aliphatic heterocycles. The van der Waals surface area contributed by atoms with Crippen LogP contribution in [0.1, 0.15) is 12.2 Å². The van der Waals surface area contributed by atoms with E-state index in [1.807, 2.05) is 16.9 Å². The lowest BCUT2D eigenvalue weighted by Crippen LogP contribution is -2.23. The molecule has 0 bridgehead atoms. The van der Waals surface area contributed by atoms with Crippen LogP contribution in [-0.2, 0) is 11.3 Å². The van der Waals surface area contributed by atoms with Gasteiger partial charge in [-0.2, -0.15) is 5.10 Å². The molecule has 0 aliphatic rings. The van der Waals surface area contributed by atoms with Crippen LogP contribution < -0.4 is 5.32 Å². The molecular weight excluding hydrogens is 230 g/mol. The lowest BCUT2D eigenvalue weighted by atomic mass is 10.3. The first-order valence-electron chi connectivity index (χ1n) is 5.81. The number of nitrogens with one attached hydrogen (secondary N) is 1. The van der Waals surface area contributed by atoms with Crippen LogP contribution in [0.2, 0.25) is 0 Å². The third-order valence-electron chi connectivity index (χ3n) is 2.36. The van der Waals surface area contributed by atoms with E-state index in [-0.39, 0.29) is 5.91 Å². The van der Waals surface area contributed by atoms with Crippen molar-refractivity contribution in [1.29, 1.82) is 0 Å². The Morgan fingerprint density at radius 2 is 2.44 bits per heavy atom. The van der Waals surface area contributed by atoms with Crippen LogP contribution in [0.4, 0.5) is 0 Å². The van der Waals surface area contributed by atoms with Gasteiger partial charge in [-0.05, 0) is 30.7 Å². The number of aromatic nitrogens is 2. The zero-order valence-corrected chi connectivity index (χ0v) is 9.95. The molecular formula is C13H15N3O2. The Balaban J connectivity index is 1.63. The summed E-state index contributed by atoms with van der Waals surface area (Å²) < 4.78 is 6.92. The van der Waals surface area contributed by atoms with Gasteiger partial charge in [-0.3, -0.25) is 9.48 Å². The normalized spacial score (nSPS) is 10.9. The van der Waals surface area contributed by atoms with Crippen molar-refractivity contribution in [3.63, 3.8) is 0 Å². The van der Waals surface area contributed by atoms with E-state index in [0.29, 0.717) is 12.3 Å². The van der Waals surface area contributed by atoms with Gasteiger partial charge in [0.15, 0.2) is 0 Å². The van der Waals surface area contributed by atoms with Crippen molar-refractivity contribution in [1.82, 2.24) is 15.1 Å². The van der Waals surface area contributed by atoms with Crippen LogP contribution in [0.15, 0.2) is 47.3 Å². The van der Waals surface area contributed by atoms with Gasteiger partial charge in [0.2, 0.25) is 5.91 Å². The molecule has 2 aromatic rings. The maximum atomic E-state index is 11.4. The van der Waals surface area contributed by atoms with Crippen molar-refractivity contribution in [3.8, 4) is 0 Å². The number of nitrogens with zero attached hydrogens (tertiary/aromatic N) is 2. The molecule has 0 fully saturated rings.